The molecule has 2 atom stereocenters. The van der Waals surface area contributed by atoms with Crippen LogP contribution in [0.15, 0.2) is 11.5 Å². The standard InChI is InChI=1S/C12H14N4OS/c1-6-9-11(16-15-6)17-10(14)8(5-13)12(9)3-4-18-7(12)2/h7H,3-4,14H2,1-2H3,(H,15,16)/t7-,12-/m0/s1. The van der Waals surface area contributed by atoms with Gasteiger partial charge in [-0.1, -0.05) is 6.92 Å². The molecule has 5 nitrogen and oxygen atoms in total. The Labute approximate surface area is 109 Å². The number of ether oxygens (including phenoxy) is 1. The number of nitrogens with two attached hydrogens (primary N) is 1. The molecule has 0 amide bonds. The van der Waals surface area contributed by atoms with Crippen LogP contribution in [-0.4, -0.2) is 21.2 Å². The summed E-state index contributed by atoms with van der Waals surface area (Å²) in [5.74, 6) is 1.74. The number of hydrogen-bond acceptors (Lipinski definition) is 5. The Morgan fingerprint density at radius 3 is 3.06 bits per heavy atom. The summed E-state index contributed by atoms with van der Waals surface area (Å²) >= 11 is 1.86. The number of allylic oxidation sites excluding steroid dienone is 1. The molecule has 0 bridgehead atoms. The van der Waals surface area contributed by atoms with E-state index in [-0.39, 0.29) is 11.3 Å². The number of aromatic amines is 1. The molecule has 3 heterocycles. The lowest BCUT2D eigenvalue weighted by molar-refractivity contribution is 0.339. The first-order chi connectivity index (χ1) is 8.61. The van der Waals surface area contributed by atoms with Crippen molar-refractivity contribution in [1.82, 2.24) is 10.2 Å². The van der Waals surface area contributed by atoms with Crippen molar-refractivity contribution in [3.63, 3.8) is 0 Å². The second-order valence-corrected chi connectivity index (χ2v) is 6.16. The van der Waals surface area contributed by atoms with Crippen LogP contribution in [0.25, 0.3) is 0 Å². The van der Waals surface area contributed by atoms with Crippen LogP contribution in [0.5, 0.6) is 5.88 Å². The summed E-state index contributed by atoms with van der Waals surface area (Å²) in [6.45, 7) is 4.10. The number of nitrogens with one attached hydrogen (secondary N) is 1. The number of aryl methyl sites for hydroxylation is 1. The van der Waals surface area contributed by atoms with Crippen molar-refractivity contribution in [3.8, 4) is 11.9 Å². The summed E-state index contributed by atoms with van der Waals surface area (Å²) in [5.41, 5.74) is 8.08. The Balaban J connectivity index is 2.31. The maximum absolute atomic E-state index is 9.45. The Morgan fingerprint density at radius 1 is 1.67 bits per heavy atom. The number of hydrogen-bond donors (Lipinski definition) is 2. The maximum Gasteiger partial charge on any atom is 0.244 e. The molecule has 1 aromatic heterocycles. The van der Waals surface area contributed by atoms with Crippen LogP contribution in [0, 0.1) is 18.3 Å². The molecule has 0 unspecified atom stereocenters. The number of rotatable bonds is 0. The van der Waals surface area contributed by atoms with Crippen molar-refractivity contribution in [3.05, 3.63) is 22.7 Å². The van der Waals surface area contributed by atoms with Gasteiger partial charge >= 0.3 is 0 Å². The van der Waals surface area contributed by atoms with Crippen molar-refractivity contribution in [2.24, 2.45) is 5.73 Å². The van der Waals surface area contributed by atoms with E-state index in [1.807, 2.05) is 18.7 Å². The molecule has 1 aromatic rings. The third-order valence-electron chi connectivity index (χ3n) is 3.93. The lowest BCUT2D eigenvalue weighted by Crippen LogP contribution is -2.40. The molecule has 0 radical (unpaired) electrons. The number of fused-ring (bicyclic) bond motifs is 2. The second kappa shape index (κ2) is 3.69. The maximum atomic E-state index is 9.45. The normalized spacial score (nSPS) is 30.2. The monoisotopic (exact) mass is 262 g/mol. The van der Waals surface area contributed by atoms with E-state index in [0.29, 0.717) is 16.7 Å². The van der Waals surface area contributed by atoms with Crippen LogP contribution in [0.4, 0.5) is 0 Å². The molecule has 1 spiro atoms. The summed E-state index contributed by atoms with van der Waals surface area (Å²) in [6, 6.07) is 2.25. The van der Waals surface area contributed by atoms with E-state index in [1.165, 1.54) is 0 Å². The van der Waals surface area contributed by atoms with E-state index in [1.54, 1.807) is 0 Å². The Kier molecular flexibility index (Phi) is 2.35. The van der Waals surface area contributed by atoms with Gasteiger partial charge in [-0.15, -0.1) is 5.10 Å². The van der Waals surface area contributed by atoms with Gasteiger partial charge in [-0.05, 0) is 19.1 Å². The van der Waals surface area contributed by atoms with E-state index in [2.05, 4.69) is 23.2 Å². The summed E-state index contributed by atoms with van der Waals surface area (Å²) in [6.07, 6.45) is 0.902. The molecule has 0 saturated carbocycles. The first-order valence-electron chi connectivity index (χ1n) is 5.86. The highest BCUT2D eigenvalue weighted by molar-refractivity contribution is 8.00. The quantitative estimate of drug-likeness (QED) is 0.741. The van der Waals surface area contributed by atoms with Gasteiger partial charge in [-0.3, -0.25) is 5.10 Å². The van der Waals surface area contributed by atoms with Crippen LogP contribution >= 0.6 is 11.8 Å². The first kappa shape index (κ1) is 11.5. The number of thioether (sulfide) groups is 1. The summed E-state index contributed by atoms with van der Waals surface area (Å²) in [5, 5.41) is 16.8. The zero-order valence-electron chi connectivity index (χ0n) is 10.3. The average molecular weight is 262 g/mol. The fourth-order valence-corrected chi connectivity index (χ4v) is 4.49. The Hall–Kier alpha value is -1.61. The number of nitriles is 1. The topological polar surface area (TPSA) is 87.7 Å². The summed E-state index contributed by atoms with van der Waals surface area (Å²) in [4.78, 5) is 0. The number of nitrogens with zero attached hydrogens (tertiary/aromatic N) is 2. The Bertz CT molecular complexity index is 585. The predicted octanol–water partition coefficient (Wildman–Crippen LogP) is 1.57. The van der Waals surface area contributed by atoms with Crippen LogP contribution in [0.1, 0.15) is 24.6 Å². The molecule has 0 aliphatic carbocycles. The van der Waals surface area contributed by atoms with Gasteiger partial charge in [-0.2, -0.15) is 17.0 Å². The van der Waals surface area contributed by atoms with Gasteiger partial charge < -0.3 is 10.5 Å². The highest BCUT2D eigenvalue weighted by Crippen LogP contribution is 2.55. The molecule has 0 aromatic carbocycles. The third-order valence-corrected chi connectivity index (χ3v) is 5.27. The van der Waals surface area contributed by atoms with Crippen LogP contribution in [0.3, 0.4) is 0 Å². The molecule has 2 aliphatic heterocycles. The summed E-state index contributed by atoms with van der Waals surface area (Å²) in [7, 11) is 0. The van der Waals surface area contributed by atoms with Gasteiger partial charge in [-0.25, -0.2) is 0 Å². The van der Waals surface area contributed by atoms with Gasteiger partial charge in [0, 0.05) is 16.5 Å². The van der Waals surface area contributed by atoms with Gasteiger partial charge in [0.1, 0.15) is 11.6 Å². The molecule has 1 fully saturated rings. The van der Waals surface area contributed by atoms with Crippen LogP contribution in [-0.2, 0) is 5.41 Å². The fraction of sp³-hybridized carbons (Fsp3) is 0.500. The molecule has 2 aliphatic rings. The van der Waals surface area contributed by atoms with Crippen LogP contribution in [0.2, 0.25) is 0 Å². The molecule has 94 valence electrons. The highest BCUT2D eigenvalue weighted by Gasteiger charge is 2.53. The molecule has 3 N–H and O–H groups in total. The van der Waals surface area contributed by atoms with E-state index >= 15 is 0 Å². The molecule has 3 rings (SSSR count). The number of H-pyrrole nitrogens is 1. The molecular weight excluding hydrogens is 248 g/mol. The SMILES string of the molecule is Cc1[nH]nc2c1[C@]1(CCS[C@H]1C)C(C#N)=C(N)O2. The van der Waals surface area contributed by atoms with Crippen molar-refractivity contribution in [1.29, 1.82) is 5.26 Å². The van der Waals surface area contributed by atoms with Gasteiger partial charge in [0.15, 0.2) is 0 Å². The molecule has 6 heteroatoms. The van der Waals surface area contributed by atoms with Crippen molar-refractivity contribution in [2.45, 2.75) is 30.9 Å². The largest absolute Gasteiger partial charge is 0.420 e. The van der Waals surface area contributed by atoms with Crippen LogP contribution < -0.4 is 10.5 Å². The molecule has 18 heavy (non-hydrogen) atoms. The van der Waals surface area contributed by atoms with Gasteiger partial charge in [0.25, 0.3) is 0 Å². The van der Waals surface area contributed by atoms with Gasteiger partial charge in [0.2, 0.25) is 11.8 Å². The zero-order valence-corrected chi connectivity index (χ0v) is 11.1. The zero-order chi connectivity index (χ0) is 12.9. The van der Waals surface area contributed by atoms with E-state index in [9.17, 15) is 5.26 Å². The molecular formula is C12H14N4OS. The minimum atomic E-state index is -0.339. The van der Waals surface area contributed by atoms with E-state index in [0.717, 1.165) is 23.4 Å². The predicted molar refractivity (Wildman–Crippen MR) is 69.0 cm³/mol. The first-order valence-corrected chi connectivity index (χ1v) is 6.91. The number of aromatic nitrogens is 2. The third kappa shape index (κ3) is 1.20. The second-order valence-electron chi connectivity index (χ2n) is 4.72. The van der Waals surface area contributed by atoms with Gasteiger partial charge in [0.05, 0.1) is 5.41 Å². The van der Waals surface area contributed by atoms with Crippen molar-refractivity contribution in [2.75, 3.05) is 5.75 Å². The fourth-order valence-electron chi connectivity index (χ4n) is 3.06. The van der Waals surface area contributed by atoms with E-state index in [4.69, 9.17) is 10.5 Å². The smallest absolute Gasteiger partial charge is 0.244 e. The van der Waals surface area contributed by atoms with Crippen molar-refractivity contribution >= 4 is 11.8 Å². The summed E-state index contributed by atoms with van der Waals surface area (Å²) < 4.78 is 5.47. The minimum Gasteiger partial charge on any atom is -0.420 e. The lowest BCUT2D eigenvalue weighted by Gasteiger charge is -2.36. The van der Waals surface area contributed by atoms with E-state index < -0.39 is 0 Å². The molecule has 1 saturated heterocycles. The lowest BCUT2D eigenvalue weighted by atomic mass is 9.69. The van der Waals surface area contributed by atoms with Crippen molar-refractivity contribution < 1.29 is 4.74 Å². The Morgan fingerprint density at radius 2 is 2.44 bits per heavy atom. The highest BCUT2D eigenvalue weighted by atomic mass is 32.2. The average Bonchev–Trinajstić information content (AvgIpc) is 2.86. The minimum absolute atomic E-state index is 0.200.